The molecule has 0 aromatic carbocycles. The van der Waals surface area contributed by atoms with Crippen LogP contribution in [0, 0.1) is 0 Å². The van der Waals surface area contributed by atoms with Crippen LogP contribution in [-0.2, 0) is 9.84 Å². The summed E-state index contributed by atoms with van der Waals surface area (Å²) >= 11 is 0. The van der Waals surface area contributed by atoms with Gasteiger partial charge >= 0.3 is 0 Å². The van der Waals surface area contributed by atoms with E-state index in [9.17, 15) is 8.42 Å². The minimum atomic E-state index is -2.83. The largest absolute Gasteiger partial charge is 0.380 e. The van der Waals surface area contributed by atoms with Gasteiger partial charge in [0.05, 0.1) is 23.4 Å². The highest BCUT2D eigenvalue weighted by Crippen LogP contribution is 2.21. The molecule has 1 unspecified atom stereocenters. The van der Waals surface area contributed by atoms with E-state index in [2.05, 4.69) is 15.2 Å². The minimum absolute atomic E-state index is 0.0302. The summed E-state index contributed by atoms with van der Waals surface area (Å²) in [6.07, 6.45) is 6.29. The highest BCUT2D eigenvalue weighted by atomic mass is 32.2. The molecule has 3 rings (SSSR count). The number of hydrogen-bond donors (Lipinski definition) is 1. The van der Waals surface area contributed by atoms with Gasteiger partial charge in [-0.05, 0) is 37.8 Å². The van der Waals surface area contributed by atoms with Gasteiger partial charge in [-0.15, -0.1) is 0 Å². The Hall–Kier alpha value is -1.30. The van der Waals surface area contributed by atoms with Gasteiger partial charge in [0.25, 0.3) is 0 Å². The van der Waals surface area contributed by atoms with Crippen molar-refractivity contribution in [2.45, 2.75) is 31.7 Å². The monoisotopic (exact) mass is 295 g/mol. The van der Waals surface area contributed by atoms with E-state index in [0.717, 1.165) is 24.6 Å². The summed E-state index contributed by atoms with van der Waals surface area (Å²) in [5, 5.41) is 3.27. The van der Waals surface area contributed by atoms with Gasteiger partial charge in [0.1, 0.15) is 5.82 Å². The Labute approximate surface area is 120 Å². The molecule has 1 N–H and O–H groups in total. The second kappa shape index (κ2) is 5.60. The van der Waals surface area contributed by atoms with E-state index in [-0.39, 0.29) is 11.8 Å². The van der Waals surface area contributed by atoms with Crippen molar-refractivity contribution in [2.75, 3.05) is 34.8 Å². The quantitative estimate of drug-likeness (QED) is 0.919. The Morgan fingerprint density at radius 1 is 1.20 bits per heavy atom. The number of piperidine rings is 1. The minimum Gasteiger partial charge on any atom is -0.380 e. The summed E-state index contributed by atoms with van der Waals surface area (Å²) in [6, 6.07) is 4.06. The van der Waals surface area contributed by atoms with Crippen molar-refractivity contribution in [3.63, 3.8) is 0 Å². The number of aromatic nitrogens is 1. The van der Waals surface area contributed by atoms with Gasteiger partial charge < -0.3 is 10.2 Å². The van der Waals surface area contributed by atoms with Crippen LogP contribution < -0.4 is 10.2 Å². The average Bonchev–Trinajstić information content (AvgIpc) is 2.80. The van der Waals surface area contributed by atoms with E-state index < -0.39 is 9.84 Å². The van der Waals surface area contributed by atoms with E-state index in [0.29, 0.717) is 12.2 Å². The van der Waals surface area contributed by atoms with Crippen LogP contribution in [0.4, 0.5) is 11.5 Å². The molecule has 0 spiro atoms. The Balaban J connectivity index is 1.61. The number of hydrogen-bond acceptors (Lipinski definition) is 5. The Kier molecular flexibility index (Phi) is 3.83. The highest BCUT2D eigenvalue weighted by molar-refractivity contribution is 7.91. The van der Waals surface area contributed by atoms with Crippen molar-refractivity contribution in [1.29, 1.82) is 0 Å². The van der Waals surface area contributed by atoms with Crippen LogP contribution in [-0.4, -0.2) is 44.0 Å². The Morgan fingerprint density at radius 2 is 2.00 bits per heavy atom. The maximum Gasteiger partial charge on any atom is 0.152 e. The van der Waals surface area contributed by atoms with Gasteiger partial charge in [-0.2, -0.15) is 0 Å². The summed E-state index contributed by atoms with van der Waals surface area (Å²) in [6.45, 7) is 2.17. The van der Waals surface area contributed by atoms with Crippen LogP contribution in [0.3, 0.4) is 0 Å². The van der Waals surface area contributed by atoms with E-state index in [1.54, 1.807) is 0 Å². The van der Waals surface area contributed by atoms with Gasteiger partial charge in [0.15, 0.2) is 9.84 Å². The zero-order chi connectivity index (χ0) is 14.0. The van der Waals surface area contributed by atoms with E-state index in [4.69, 9.17) is 0 Å². The first-order valence-electron chi connectivity index (χ1n) is 7.30. The summed E-state index contributed by atoms with van der Waals surface area (Å²) in [5.41, 5.74) is 0.910. The number of pyridine rings is 1. The lowest BCUT2D eigenvalue weighted by Gasteiger charge is -2.27. The van der Waals surface area contributed by atoms with Crippen molar-refractivity contribution < 1.29 is 8.42 Å². The zero-order valence-electron chi connectivity index (χ0n) is 11.6. The fourth-order valence-corrected chi connectivity index (χ4v) is 4.60. The number of anilines is 2. The molecule has 0 saturated carbocycles. The van der Waals surface area contributed by atoms with Crippen LogP contribution >= 0.6 is 0 Å². The second-order valence-electron chi connectivity index (χ2n) is 5.70. The molecule has 2 fully saturated rings. The van der Waals surface area contributed by atoms with Gasteiger partial charge in [-0.3, -0.25) is 0 Å². The molecule has 0 bridgehead atoms. The standard InChI is InChI=1S/C14H21N3O2S/c18-20(19)9-6-13(11-20)16-12-4-5-14(15-10-12)17-7-2-1-3-8-17/h4-5,10,13,16H,1-3,6-9,11H2. The lowest BCUT2D eigenvalue weighted by atomic mass is 10.1. The molecule has 5 nitrogen and oxygen atoms in total. The van der Waals surface area contributed by atoms with Gasteiger partial charge in [-0.25, -0.2) is 13.4 Å². The molecule has 3 heterocycles. The summed E-state index contributed by atoms with van der Waals surface area (Å²) < 4.78 is 22.9. The number of nitrogens with one attached hydrogen (secondary N) is 1. The van der Waals surface area contributed by atoms with Crippen molar-refractivity contribution >= 4 is 21.3 Å². The normalized spacial score (nSPS) is 25.6. The Bertz CT molecular complexity index is 550. The zero-order valence-corrected chi connectivity index (χ0v) is 12.4. The van der Waals surface area contributed by atoms with E-state index in [1.165, 1.54) is 19.3 Å². The molecule has 20 heavy (non-hydrogen) atoms. The third kappa shape index (κ3) is 3.23. The first kappa shape index (κ1) is 13.7. The lowest BCUT2D eigenvalue weighted by Crippen LogP contribution is -2.30. The number of nitrogens with zero attached hydrogens (tertiary/aromatic N) is 2. The predicted molar refractivity (Wildman–Crippen MR) is 81.0 cm³/mol. The summed E-state index contributed by atoms with van der Waals surface area (Å²) in [7, 11) is -2.83. The molecule has 2 aliphatic heterocycles. The van der Waals surface area contributed by atoms with Crippen molar-refractivity contribution in [3.8, 4) is 0 Å². The average molecular weight is 295 g/mol. The van der Waals surface area contributed by atoms with Crippen LogP contribution in [0.15, 0.2) is 18.3 Å². The molecule has 1 atom stereocenters. The maximum absolute atomic E-state index is 11.4. The SMILES string of the molecule is O=S1(=O)CCC(Nc2ccc(N3CCCCC3)nc2)C1. The Morgan fingerprint density at radius 3 is 2.60 bits per heavy atom. The summed E-state index contributed by atoms with van der Waals surface area (Å²) in [4.78, 5) is 6.81. The molecular weight excluding hydrogens is 274 g/mol. The van der Waals surface area contributed by atoms with Crippen molar-refractivity contribution in [1.82, 2.24) is 4.98 Å². The molecule has 1 aromatic rings. The third-order valence-corrected chi connectivity index (χ3v) is 5.80. The van der Waals surface area contributed by atoms with E-state index in [1.807, 2.05) is 18.3 Å². The lowest BCUT2D eigenvalue weighted by molar-refractivity contribution is 0.573. The summed E-state index contributed by atoms with van der Waals surface area (Å²) in [5.74, 6) is 1.56. The number of rotatable bonds is 3. The molecule has 2 saturated heterocycles. The maximum atomic E-state index is 11.4. The molecule has 110 valence electrons. The van der Waals surface area contributed by atoms with Crippen LogP contribution in [0.5, 0.6) is 0 Å². The predicted octanol–water partition coefficient (Wildman–Crippen LogP) is 1.67. The topological polar surface area (TPSA) is 62.3 Å². The van der Waals surface area contributed by atoms with Crippen LogP contribution in [0.25, 0.3) is 0 Å². The molecule has 0 aliphatic carbocycles. The third-order valence-electron chi connectivity index (χ3n) is 4.03. The van der Waals surface area contributed by atoms with E-state index >= 15 is 0 Å². The second-order valence-corrected chi connectivity index (χ2v) is 7.93. The van der Waals surface area contributed by atoms with Crippen molar-refractivity contribution in [2.24, 2.45) is 0 Å². The highest BCUT2D eigenvalue weighted by Gasteiger charge is 2.27. The van der Waals surface area contributed by atoms with Crippen LogP contribution in [0.2, 0.25) is 0 Å². The van der Waals surface area contributed by atoms with Gasteiger partial charge in [0.2, 0.25) is 0 Å². The smallest absolute Gasteiger partial charge is 0.152 e. The molecule has 2 aliphatic rings. The van der Waals surface area contributed by atoms with Crippen LogP contribution in [0.1, 0.15) is 25.7 Å². The first-order valence-corrected chi connectivity index (χ1v) is 9.12. The fourth-order valence-electron chi connectivity index (χ4n) is 2.93. The fraction of sp³-hybridized carbons (Fsp3) is 0.643. The molecule has 1 aromatic heterocycles. The van der Waals surface area contributed by atoms with Gasteiger partial charge in [-0.1, -0.05) is 0 Å². The van der Waals surface area contributed by atoms with Gasteiger partial charge in [0, 0.05) is 19.1 Å². The molecule has 0 amide bonds. The molecular formula is C14H21N3O2S. The number of sulfone groups is 1. The molecule has 0 radical (unpaired) electrons. The van der Waals surface area contributed by atoms with Crippen molar-refractivity contribution in [3.05, 3.63) is 18.3 Å². The first-order chi connectivity index (χ1) is 9.62. The molecule has 6 heteroatoms.